The monoisotopic (exact) mass is 206 g/mol. The molecule has 1 aliphatic rings. The Labute approximate surface area is 86.3 Å². The van der Waals surface area contributed by atoms with E-state index in [4.69, 9.17) is 21.3 Å². The summed E-state index contributed by atoms with van der Waals surface area (Å²) in [5.41, 5.74) is 1.13. The molecule has 0 saturated heterocycles. The van der Waals surface area contributed by atoms with Gasteiger partial charge in [0.2, 0.25) is 0 Å². The molecule has 3 nitrogen and oxygen atoms in total. The number of hydrogen-bond donors (Lipinski definition) is 0. The third-order valence-corrected chi connectivity index (χ3v) is 2.13. The van der Waals surface area contributed by atoms with Crippen LogP contribution in [0.1, 0.15) is 24.3 Å². The zero-order valence-corrected chi connectivity index (χ0v) is 8.08. The Balaban J connectivity index is 2.45. The second-order valence-electron chi connectivity index (χ2n) is 2.90. The van der Waals surface area contributed by atoms with Crippen molar-refractivity contribution in [3.8, 4) is 6.07 Å². The number of rotatable bonds is 1. The van der Waals surface area contributed by atoms with E-state index in [0.717, 1.165) is 18.4 Å². The molecule has 70 valence electrons. The van der Waals surface area contributed by atoms with E-state index in [1.807, 2.05) is 24.3 Å². The fourth-order valence-electron chi connectivity index (χ4n) is 1.35. The van der Waals surface area contributed by atoms with Gasteiger partial charge in [-0.05, 0) is 24.4 Å². The van der Waals surface area contributed by atoms with E-state index in [9.17, 15) is 0 Å². The molecule has 0 atom stereocenters. The van der Waals surface area contributed by atoms with Crippen molar-refractivity contribution in [3.63, 3.8) is 0 Å². The van der Waals surface area contributed by atoms with Crippen LogP contribution in [0, 0.1) is 11.3 Å². The minimum Gasteiger partial charge on any atom is -0.426 e. The van der Waals surface area contributed by atoms with Gasteiger partial charge in [-0.1, -0.05) is 18.2 Å². The van der Waals surface area contributed by atoms with Crippen molar-refractivity contribution in [1.82, 2.24) is 4.98 Å². The van der Waals surface area contributed by atoms with Gasteiger partial charge in [0, 0.05) is 5.57 Å². The molecule has 0 fully saturated rings. The molecule has 1 aromatic rings. The summed E-state index contributed by atoms with van der Waals surface area (Å²) in [7, 11) is 0. The van der Waals surface area contributed by atoms with Crippen molar-refractivity contribution in [3.05, 3.63) is 35.0 Å². The Morgan fingerprint density at radius 3 is 3.00 bits per heavy atom. The predicted molar refractivity (Wildman–Crippen MR) is 52.6 cm³/mol. The first kappa shape index (κ1) is 9.04. The quantitative estimate of drug-likeness (QED) is 0.710. The Bertz CT molecular complexity index is 451. The van der Waals surface area contributed by atoms with Crippen molar-refractivity contribution in [2.45, 2.75) is 12.8 Å². The number of oxazole rings is 1. The second-order valence-corrected chi connectivity index (χ2v) is 3.22. The number of nitriles is 1. The highest BCUT2D eigenvalue weighted by molar-refractivity contribution is 6.27. The van der Waals surface area contributed by atoms with Gasteiger partial charge in [0.05, 0.1) is 0 Å². The zero-order chi connectivity index (χ0) is 9.97. The lowest BCUT2D eigenvalue weighted by molar-refractivity contribution is 0.547. The van der Waals surface area contributed by atoms with Gasteiger partial charge in [-0.25, -0.2) is 0 Å². The van der Waals surface area contributed by atoms with E-state index < -0.39 is 0 Å². The molecule has 0 bridgehead atoms. The summed E-state index contributed by atoms with van der Waals surface area (Å²) < 4.78 is 5.16. The van der Waals surface area contributed by atoms with Gasteiger partial charge in [-0.3, -0.25) is 0 Å². The van der Waals surface area contributed by atoms with Crippen LogP contribution >= 0.6 is 11.6 Å². The third kappa shape index (κ3) is 1.57. The number of halogens is 1. The Hall–Kier alpha value is -1.53. The van der Waals surface area contributed by atoms with Crippen LogP contribution in [0.4, 0.5) is 0 Å². The van der Waals surface area contributed by atoms with Gasteiger partial charge in [-0.15, -0.1) is 0 Å². The lowest BCUT2D eigenvalue weighted by Crippen LogP contribution is -1.87. The number of nitrogens with zero attached hydrogens (tertiary/aromatic N) is 2. The summed E-state index contributed by atoms with van der Waals surface area (Å²) in [5, 5.41) is 8.79. The lowest BCUT2D eigenvalue weighted by atomic mass is 10.0. The lowest BCUT2D eigenvalue weighted by Gasteiger charge is -2.02. The van der Waals surface area contributed by atoms with Crippen molar-refractivity contribution >= 4 is 17.2 Å². The summed E-state index contributed by atoms with van der Waals surface area (Å²) in [5.74, 6) is 0.466. The first-order valence-corrected chi connectivity index (χ1v) is 4.62. The van der Waals surface area contributed by atoms with E-state index in [1.54, 1.807) is 0 Å². The Kier molecular flexibility index (Phi) is 2.38. The Morgan fingerprint density at radius 1 is 1.50 bits per heavy atom. The van der Waals surface area contributed by atoms with Gasteiger partial charge in [0.25, 0.3) is 5.35 Å². The molecule has 0 N–H and O–H groups in total. The highest BCUT2D eigenvalue weighted by Gasteiger charge is 2.14. The normalized spacial score (nSPS) is 15.0. The first-order valence-electron chi connectivity index (χ1n) is 4.25. The zero-order valence-electron chi connectivity index (χ0n) is 7.33. The SMILES string of the molecule is N#Cc1nc(Cl)oc1C1=CCCC=C1. The number of allylic oxidation sites excluding steroid dienone is 4. The summed E-state index contributed by atoms with van der Waals surface area (Å²) in [6.45, 7) is 0. The molecule has 1 aliphatic carbocycles. The molecule has 0 amide bonds. The molecule has 1 aromatic heterocycles. The van der Waals surface area contributed by atoms with Crippen LogP contribution < -0.4 is 0 Å². The summed E-state index contributed by atoms with van der Waals surface area (Å²) in [4.78, 5) is 3.77. The van der Waals surface area contributed by atoms with Gasteiger partial charge >= 0.3 is 0 Å². The minimum absolute atomic E-state index is 0.0106. The van der Waals surface area contributed by atoms with Crippen LogP contribution in [0.15, 0.2) is 22.6 Å². The third-order valence-electron chi connectivity index (χ3n) is 1.96. The van der Waals surface area contributed by atoms with E-state index >= 15 is 0 Å². The molecule has 0 radical (unpaired) electrons. The van der Waals surface area contributed by atoms with Crippen molar-refractivity contribution in [2.75, 3.05) is 0 Å². The van der Waals surface area contributed by atoms with Crippen molar-refractivity contribution in [2.24, 2.45) is 0 Å². The van der Waals surface area contributed by atoms with Gasteiger partial charge in [-0.2, -0.15) is 10.2 Å². The standard InChI is InChI=1S/C10H7ClN2O/c11-10-13-8(6-12)9(14-10)7-4-2-1-3-5-7/h2,4-5H,1,3H2. The molecule has 0 saturated carbocycles. The second kappa shape index (κ2) is 3.69. The molecule has 14 heavy (non-hydrogen) atoms. The van der Waals surface area contributed by atoms with Crippen LogP contribution in [-0.2, 0) is 0 Å². The van der Waals surface area contributed by atoms with E-state index in [1.165, 1.54) is 0 Å². The molecular weight excluding hydrogens is 200 g/mol. The average Bonchev–Trinajstić information content (AvgIpc) is 2.61. The molecule has 4 heteroatoms. The maximum Gasteiger partial charge on any atom is 0.293 e. The minimum atomic E-state index is 0.0106. The van der Waals surface area contributed by atoms with Gasteiger partial charge in [0.15, 0.2) is 11.5 Å². The topological polar surface area (TPSA) is 49.8 Å². The van der Waals surface area contributed by atoms with Crippen molar-refractivity contribution < 1.29 is 4.42 Å². The van der Waals surface area contributed by atoms with Crippen LogP contribution in [-0.4, -0.2) is 4.98 Å². The van der Waals surface area contributed by atoms with Crippen LogP contribution in [0.3, 0.4) is 0 Å². The summed E-state index contributed by atoms with van der Waals surface area (Å²) >= 11 is 5.58. The maximum atomic E-state index is 8.78. The fourth-order valence-corrected chi connectivity index (χ4v) is 1.51. The smallest absolute Gasteiger partial charge is 0.293 e. The summed E-state index contributed by atoms with van der Waals surface area (Å²) in [6.07, 6.45) is 7.94. The van der Waals surface area contributed by atoms with Crippen LogP contribution in [0.5, 0.6) is 0 Å². The molecule has 0 unspecified atom stereocenters. The molecule has 2 rings (SSSR count). The average molecular weight is 207 g/mol. The highest BCUT2D eigenvalue weighted by atomic mass is 35.5. The van der Waals surface area contributed by atoms with Crippen LogP contribution in [0.2, 0.25) is 5.35 Å². The fraction of sp³-hybridized carbons (Fsp3) is 0.200. The number of aromatic nitrogens is 1. The van der Waals surface area contributed by atoms with Crippen molar-refractivity contribution in [1.29, 1.82) is 5.26 Å². The summed E-state index contributed by atoms with van der Waals surface area (Å²) in [6, 6.07) is 1.95. The van der Waals surface area contributed by atoms with E-state index in [2.05, 4.69) is 4.98 Å². The molecule has 0 aliphatic heterocycles. The molecule has 0 aromatic carbocycles. The first-order chi connectivity index (χ1) is 6.81. The van der Waals surface area contributed by atoms with Crippen LogP contribution in [0.25, 0.3) is 5.57 Å². The van der Waals surface area contributed by atoms with Gasteiger partial charge < -0.3 is 4.42 Å². The molecular formula is C10H7ClN2O. The maximum absolute atomic E-state index is 8.78. The predicted octanol–water partition coefficient (Wildman–Crippen LogP) is 2.93. The number of hydrogen-bond acceptors (Lipinski definition) is 3. The highest BCUT2D eigenvalue weighted by Crippen LogP contribution is 2.26. The van der Waals surface area contributed by atoms with E-state index in [0.29, 0.717) is 5.76 Å². The van der Waals surface area contributed by atoms with Gasteiger partial charge in [0.1, 0.15) is 6.07 Å². The molecule has 0 spiro atoms. The molecule has 1 heterocycles. The largest absolute Gasteiger partial charge is 0.426 e. The Morgan fingerprint density at radius 2 is 2.36 bits per heavy atom. The van der Waals surface area contributed by atoms with E-state index in [-0.39, 0.29) is 11.0 Å².